The Labute approximate surface area is 175 Å². The number of thiophene rings is 1. The molecule has 1 N–H and O–H groups in total. The van der Waals surface area contributed by atoms with Crippen LogP contribution in [0.4, 0.5) is 5.00 Å². The molecule has 0 saturated carbocycles. The standard InChI is InChI=1S/C19H16ClN3O3S2/c1-11-7-8-21-19(22-11)28-10-15(24)23-17-16(18(25)26-2)14(9-27-17)12-3-5-13(20)6-4-12/h3-9H,10H2,1-2H3,(H,23,24). The van der Waals surface area contributed by atoms with Gasteiger partial charge >= 0.3 is 5.97 Å². The number of thioether (sulfide) groups is 1. The zero-order chi connectivity index (χ0) is 20.1. The number of hydrogen-bond acceptors (Lipinski definition) is 7. The van der Waals surface area contributed by atoms with E-state index in [9.17, 15) is 9.59 Å². The summed E-state index contributed by atoms with van der Waals surface area (Å²) in [6.07, 6.45) is 1.65. The summed E-state index contributed by atoms with van der Waals surface area (Å²) >= 11 is 8.43. The van der Waals surface area contributed by atoms with Crippen LogP contribution in [0.25, 0.3) is 11.1 Å². The van der Waals surface area contributed by atoms with E-state index in [-0.39, 0.29) is 11.7 Å². The van der Waals surface area contributed by atoms with Crippen molar-refractivity contribution in [2.24, 2.45) is 0 Å². The topological polar surface area (TPSA) is 81.2 Å². The van der Waals surface area contributed by atoms with Crippen LogP contribution in [0.1, 0.15) is 16.1 Å². The van der Waals surface area contributed by atoms with Gasteiger partial charge in [0.1, 0.15) is 10.6 Å². The number of rotatable bonds is 6. The minimum atomic E-state index is -0.517. The molecule has 0 saturated heterocycles. The predicted octanol–water partition coefficient (Wildman–Crippen LogP) is 4.68. The first kappa shape index (κ1) is 20.3. The third-order valence-electron chi connectivity index (χ3n) is 3.69. The number of ether oxygens (including phenoxy) is 1. The molecule has 0 unspecified atom stereocenters. The highest BCUT2D eigenvalue weighted by Gasteiger charge is 2.22. The van der Waals surface area contributed by atoms with Crippen LogP contribution in [-0.4, -0.2) is 34.7 Å². The van der Waals surface area contributed by atoms with E-state index in [0.29, 0.717) is 26.3 Å². The summed E-state index contributed by atoms with van der Waals surface area (Å²) in [5.74, 6) is -0.654. The SMILES string of the molecule is COC(=O)c1c(-c2ccc(Cl)cc2)csc1NC(=O)CSc1nccc(C)n1. The lowest BCUT2D eigenvalue weighted by Gasteiger charge is -2.08. The molecule has 0 fully saturated rings. The van der Waals surface area contributed by atoms with Gasteiger partial charge in [0, 0.05) is 27.9 Å². The number of benzene rings is 1. The van der Waals surface area contributed by atoms with Gasteiger partial charge in [0.25, 0.3) is 0 Å². The van der Waals surface area contributed by atoms with Gasteiger partial charge in [-0.2, -0.15) is 0 Å². The lowest BCUT2D eigenvalue weighted by atomic mass is 10.0. The quantitative estimate of drug-likeness (QED) is 0.345. The average molecular weight is 434 g/mol. The molecular formula is C19H16ClN3O3S2. The summed E-state index contributed by atoms with van der Waals surface area (Å²) in [6.45, 7) is 1.86. The molecule has 1 aromatic carbocycles. The van der Waals surface area contributed by atoms with Crippen LogP contribution in [0, 0.1) is 6.92 Å². The van der Waals surface area contributed by atoms with Crippen molar-refractivity contribution in [1.82, 2.24) is 9.97 Å². The van der Waals surface area contributed by atoms with Crippen LogP contribution in [0.5, 0.6) is 0 Å². The Bertz CT molecular complexity index is 1010. The zero-order valence-corrected chi connectivity index (χ0v) is 17.5. The minimum absolute atomic E-state index is 0.123. The molecule has 0 radical (unpaired) electrons. The van der Waals surface area contributed by atoms with Gasteiger partial charge in [-0.3, -0.25) is 4.79 Å². The van der Waals surface area contributed by atoms with E-state index in [0.717, 1.165) is 11.3 Å². The van der Waals surface area contributed by atoms with Gasteiger partial charge in [0.15, 0.2) is 5.16 Å². The maximum atomic E-state index is 12.4. The number of nitrogens with zero attached hydrogens (tertiary/aromatic N) is 2. The van der Waals surface area contributed by atoms with E-state index in [1.54, 1.807) is 24.4 Å². The monoisotopic (exact) mass is 433 g/mol. The molecule has 2 heterocycles. The van der Waals surface area contributed by atoms with Crippen molar-refractivity contribution in [3.05, 3.63) is 58.2 Å². The molecule has 0 atom stereocenters. The van der Waals surface area contributed by atoms with Crippen LogP contribution < -0.4 is 5.32 Å². The molecule has 3 aromatic rings. The van der Waals surface area contributed by atoms with Crippen LogP contribution in [0.15, 0.2) is 47.1 Å². The second kappa shape index (κ2) is 9.18. The summed E-state index contributed by atoms with van der Waals surface area (Å²) < 4.78 is 4.91. The molecule has 2 aromatic heterocycles. The summed E-state index contributed by atoms with van der Waals surface area (Å²) in [6, 6.07) is 8.90. The summed E-state index contributed by atoms with van der Waals surface area (Å²) in [5.41, 5.74) is 2.64. The van der Waals surface area contributed by atoms with Crippen LogP contribution >= 0.6 is 34.7 Å². The highest BCUT2D eigenvalue weighted by atomic mass is 35.5. The molecular weight excluding hydrogens is 418 g/mol. The molecule has 0 aliphatic heterocycles. The first-order valence-corrected chi connectivity index (χ1v) is 10.4. The Morgan fingerprint density at radius 3 is 2.68 bits per heavy atom. The smallest absolute Gasteiger partial charge is 0.341 e. The fraction of sp³-hybridized carbons (Fsp3) is 0.158. The Morgan fingerprint density at radius 1 is 1.25 bits per heavy atom. The number of hydrogen-bond donors (Lipinski definition) is 1. The third-order valence-corrected chi connectivity index (χ3v) is 5.70. The second-order valence-electron chi connectivity index (χ2n) is 5.67. The Balaban J connectivity index is 1.78. The normalized spacial score (nSPS) is 10.5. The van der Waals surface area contributed by atoms with E-state index < -0.39 is 5.97 Å². The number of anilines is 1. The molecule has 144 valence electrons. The minimum Gasteiger partial charge on any atom is -0.465 e. The molecule has 3 rings (SSSR count). The fourth-order valence-electron chi connectivity index (χ4n) is 2.38. The number of aryl methyl sites for hydroxylation is 1. The maximum Gasteiger partial charge on any atom is 0.341 e. The maximum absolute atomic E-state index is 12.4. The number of halogens is 1. The van der Waals surface area contributed by atoms with Crippen molar-refractivity contribution in [2.75, 3.05) is 18.2 Å². The Hall–Kier alpha value is -2.42. The van der Waals surface area contributed by atoms with Crippen LogP contribution in [-0.2, 0) is 9.53 Å². The van der Waals surface area contributed by atoms with E-state index >= 15 is 0 Å². The molecule has 0 aliphatic carbocycles. The number of carbonyl (C=O) groups is 2. The lowest BCUT2D eigenvalue weighted by molar-refractivity contribution is -0.113. The highest BCUT2D eigenvalue weighted by Crippen LogP contribution is 2.36. The van der Waals surface area contributed by atoms with Crippen molar-refractivity contribution in [1.29, 1.82) is 0 Å². The molecule has 0 aliphatic rings. The van der Waals surface area contributed by atoms with Crippen molar-refractivity contribution >= 4 is 51.6 Å². The average Bonchev–Trinajstić information content (AvgIpc) is 3.10. The van der Waals surface area contributed by atoms with Gasteiger partial charge in [-0.25, -0.2) is 14.8 Å². The lowest BCUT2D eigenvalue weighted by Crippen LogP contribution is -2.16. The molecule has 1 amide bonds. The Kier molecular flexibility index (Phi) is 6.66. The molecule has 28 heavy (non-hydrogen) atoms. The molecule has 0 bridgehead atoms. The van der Waals surface area contributed by atoms with Crippen LogP contribution in [0.3, 0.4) is 0 Å². The van der Waals surface area contributed by atoms with E-state index in [2.05, 4.69) is 15.3 Å². The summed E-state index contributed by atoms with van der Waals surface area (Å²) in [7, 11) is 1.31. The Morgan fingerprint density at radius 2 is 2.00 bits per heavy atom. The van der Waals surface area contributed by atoms with Gasteiger partial charge in [-0.15, -0.1) is 11.3 Å². The van der Waals surface area contributed by atoms with E-state index in [1.807, 2.05) is 24.4 Å². The first-order chi connectivity index (χ1) is 13.5. The number of amides is 1. The van der Waals surface area contributed by atoms with Gasteiger partial charge in [-0.1, -0.05) is 35.5 Å². The molecule has 0 spiro atoms. The van der Waals surface area contributed by atoms with Gasteiger partial charge in [0.05, 0.1) is 12.9 Å². The highest BCUT2D eigenvalue weighted by molar-refractivity contribution is 7.99. The third kappa shape index (κ3) is 4.89. The molecule has 9 heteroatoms. The van der Waals surface area contributed by atoms with Crippen molar-refractivity contribution in [3.63, 3.8) is 0 Å². The number of carbonyl (C=O) groups excluding carboxylic acids is 2. The largest absolute Gasteiger partial charge is 0.465 e. The predicted molar refractivity (Wildman–Crippen MR) is 112 cm³/mol. The van der Waals surface area contributed by atoms with Gasteiger partial charge < -0.3 is 10.1 Å². The van der Waals surface area contributed by atoms with Gasteiger partial charge in [-0.05, 0) is 30.7 Å². The molecule has 6 nitrogen and oxygen atoms in total. The summed E-state index contributed by atoms with van der Waals surface area (Å²) in [5, 5.41) is 6.16. The number of aromatic nitrogens is 2. The van der Waals surface area contributed by atoms with Crippen molar-refractivity contribution in [2.45, 2.75) is 12.1 Å². The summed E-state index contributed by atoms with van der Waals surface area (Å²) in [4.78, 5) is 33.1. The fourth-order valence-corrected chi connectivity index (χ4v) is 4.16. The van der Waals surface area contributed by atoms with Gasteiger partial charge in [0.2, 0.25) is 5.91 Å². The van der Waals surface area contributed by atoms with Crippen molar-refractivity contribution in [3.8, 4) is 11.1 Å². The number of esters is 1. The van der Waals surface area contributed by atoms with Crippen molar-refractivity contribution < 1.29 is 14.3 Å². The van der Waals surface area contributed by atoms with E-state index in [1.165, 1.54) is 30.2 Å². The number of nitrogens with one attached hydrogen (secondary N) is 1. The number of methoxy groups -OCH3 is 1. The first-order valence-electron chi connectivity index (χ1n) is 8.16. The zero-order valence-electron chi connectivity index (χ0n) is 15.1. The van der Waals surface area contributed by atoms with E-state index in [4.69, 9.17) is 16.3 Å². The second-order valence-corrected chi connectivity index (χ2v) is 7.93. The van der Waals surface area contributed by atoms with Crippen LogP contribution in [0.2, 0.25) is 5.02 Å².